The van der Waals surface area contributed by atoms with Crippen molar-refractivity contribution in [3.05, 3.63) is 90.5 Å². The summed E-state index contributed by atoms with van der Waals surface area (Å²) in [5.74, 6) is 0.215. The van der Waals surface area contributed by atoms with Gasteiger partial charge in [0.25, 0.3) is 0 Å². The van der Waals surface area contributed by atoms with Gasteiger partial charge in [0.2, 0.25) is 11.8 Å². The van der Waals surface area contributed by atoms with Crippen LogP contribution in [0.25, 0.3) is 11.3 Å². The molecule has 35 heavy (non-hydrogen) atoms. The molecule has 1 aromatic heterocycles. The van der Waals surface area contributed by atoms with Gasteiger partial charge in [-0.25, -0.2) is 4.39 Å². The molecule has 1 atom stereocenters. The number of thioether (sulfide) groups is 1. The van der Waals surface area contributed by atoms with Crippen molar-refractivity contribution in [3.8, 4) is 11.3 Å². The summed E-state index contributed by atoms with van der Waals surface area (Å²) in [7, 11) is 0. The van der Waals surface area contributed by atoms with E-state index >= 15 is 0 Å². The van der Waals surface area contributed by atoms with E-state index in [2.05, 4.69) is 22.1 Å². The van der Waals surface area contributed by atoms with Crippen LogP contribution in [0.3, 0.4) is 0 Å². The lowest BCUT2D eigenvalue weighted by molar-refractivity contribution is -0.127. The maximum absolute atomic E-state index is 13.1. The number of nitrogens with zero attached hydrogens (tertiary/aromatic N) is 3. The van der Waals surface area contributed by atoms with Crippen molar-refractivity contribution in [2.75, 3.05) is 11.9 Å². The largest absolute Gasteiger partial charge is 0.455 e. The van der Waals surface area contributed by atoms with Gasteiger partial charge in [0.1, 0.15) is 22.6 Å². The molecule has 1 N–H and O–H groups in total. The van der Waals surface area contributed by atoms with E-state index in [4.69, 9.17) is 4.42 Å². The molecule has 3 aromatic rings. The summed E-state index contributed by atoms with van der Waals surface area (Å²) in [6, 6.07) is 16.9. The summed E-state index contributed by atoms with van der Waals surface area (Å²) in [5, 5.41) is 10.8. The van der Waals surface area contributed by atoms with Crippen LogP contribution in [0.4, 0.5) is 10.1 Å². The molecule has 4 rings (SSSR count). The first-order chi connectivity index (χ1) is 16.9. The van der Waals surface area contributed by atoms with Crippen molar-refractivity contribution in [1.29, 1.82) is 0 Å². The Kier molecular flexibility index (Phi) is 7.57. The number of amidine groups is 1. The van der Waals surface area contributed by atoms with Gasteiger partial charge in [-0.05, 0) is 55.5 Å². The number of carbonyl (C=O) groups excluding carboxylic acids is 2. The van der Waals surface area contributed by atoms with Gasteiger partial charge in [0.05, 0.1) is 6.21 Å². The molecule has 0 saturated carbocycles. The second kappa shape index (κ2) is 11.0. The highest BCUT2D eigenvalue weighted by molar-refractivity contribution is 8.15. The first kappa shape index (κ1) is 24.2. The minimum absolute atomic E-state index is 0.00691. The molecule has 1 saturated heterocycles. The van der Waals surface area contributed by atoms with Crippen molar-refractivity contribution < 1.29 is 18.4 Å². The average molecular weight is 491 g/mol. The van der Waals surface area contributed by atoms with Crippen LogP contribution in [-0.2, 0) is 9.59 Å². The Hall–Kier alpha value is -3.98. The second-order valence-electron chi connectivity index (χ2n) is 7.80. The van der Waals surface area contributed by atoms with Gasteiger partial charge >= 0.3 is 0 Å². The molecule has 0 aliphatic carbocycles. The molecule has 178 valence electrons. The number of amides is 2. The van der Waals surface area contributed by atoms with E-state index in [0.717, 1.165) is 11.1 Å². The van der Waals surface area contributed by atoms with Crippen LogP contribution in [0, 0.1) is 12.7 Å². The Morgan fingerprint density at radius 3 is 2.63 bits per heavy atom. The van der Waals surface area contributed by atoms with Crippen LogP contribution in [0.1, 0.15) is 17.7 Å². The van der Waals surface area contributed by atoms with Gasteiger partial charge in [-0.15, -0.1) is 11.7 Å². The van der Waals surface area contributed by atoms with E-state index in [9.17, 15) is 14.0 Å². The molecule has 1 aliphatic heterocycles. The number of hydrogen-bond donors (Lipinski definition) is 1. The highest BCUT2D eigenvalue weighted by atomic mass is 32.2. The molecule has 1 unspecified atom stereocenters. The van der Waals surface area contributed by atoms with E-state index in [0.29, 0.717) is 22.4 Å². The standard InChI is InChI=1S/C26H23FN4O3S/c1-3-14-31-25(33)23(15-24(32)29-20-10-4-17(2)5-11-20)35-26(31)30-28-16-21-12-13-22(34-21)18-6-8-19(27)9-7-18/h3-13,16,23H,1,14-15H2,2H3,(H,29,32)/b28-16+,30-26-. The zero-order chi connectivity index (χ0) is 24.8. The van der Waals surface area contributed by atoms with Crippen LogP contribution in [0.15, 0.2) is 87.9 Å². The number of hydrogen-bond acceptors (Lipinski definition) is 6. The number of halogens is 1. The number of rotatable bonds is 8. The molecular formula is C26H23FN4O3S. The number of furan rings is 1. The lowest BCUT2D eigenvalue weighted by atomic mass is 10.2. The lowest BCUT2D eigenvalue weighted by Crippen LogP contribution is -2.33. The molecule has 1 fully saturated rings. The van der Waals surface area contributed by atoms with Crippen molar-refractivity contribution >= 4 is 40.6 Å². The smallest absolute Gasteiger partial charge is 0.243 e. The topological polar surface area (TPSA) is 87.3 Å². The van der Waals surface area contributed by atoms with Gasteiger partial charge < -0.3 is 9.73 Å². The van der Waals surface area contributed by atoms with Crippen molar-refractivity contribution in [1.82, 2.24) is 4.90 Å². The first-order valence-electron chi connectivity index (χ1n) is 10.8. The van der Waals surface area contributed by atoms with E-state index in [1.165, 1.54) is 35.0 Å². The van der Waals surface area contributed by atoms with Gasteiger partial charge in [-0.3, -0.25) is 14.5 Å². The number of nitrogens with one attached hydrogen (secondary N) is 1. The maximum atomic E-state index is 13.1. The van der Waals surface area contributed by atoms with Crippen LogP contribution < -0.4 is 5.32 Å². The van der Waals surface area contributed by atoms with Gasteiger partial charge in [0, 0.05) is 24.2 Å². The van der Waals surface area contributed by atoms with Crippen LogP contribution in [-0.4, -0.2) is 39.9 Å². The van der Waals surface area contributed by atoms with Crippen LogP contribution in [0.5, 0.6) is 0 Å². The summed E-state index contributed by atoms with van der Waals surface area (Å²) in [6.45, 7) is 5.91. The van der Waals surface area contributed by atoms with E-state index in [-0.39, 0.29) is 30.6 Å². The predicted octanol–water partition coefficient (Wildman–Crippen LogP) is 5.24. The third-order valence-electron chi connectivity index (χ3n) is 5.12. The molecular weight excluding hydrogens is 467 g/mol. The predicted molar refractivity (Wildman–Crippen MR) is 137 cm³/mol. The quantitative estimate of drug-likeness (QED) is 0.266. The van der Waals surface area contributed by atoms with Gasteiger partial charge in [-0.1, -0.05) is 35.5 Å². The second-order valence-corrected chi connectivity index (χ2v) is 8.97. The Bertz CT molecular complexity index is 1280. The van der Waals surface area contributed by atoms with Crippen LogP contribution >= 0.6 is 11.8 Å². The molecule has 2 aromatic carbocycles. The molecule has 2 heterocycles. The summed E-state index contributed by atoms with van der Waals surface area (Å²) < 4.78 is 18.8. The SMILES string of the molecule is C=CCN1C(=O)C(CC(=O)Nc2ccc(C)cc2)S/C1=N\N=C\c1ccc(-c2ccc(F)cc2)o1. The van der Waals surface area contributed by atoms with Crippen LogP contribution in [0.2, 0.25) is 0 Å². The van der Waals surface area contributed by atoms with Gasteiger partial charge in [0.15, 0.2) is 5.17 Å². The fraction of sp³-hybridized carbons (Fsp3) is 0.154. The maximum Gasteiger partial charge on any atom is 0.243 e. The van der Waals surface area contributed by atoms with Crippen molar-refractivity contribution in [3.63, 3.8) is 0 Å². The summed E-state index contributed by atoms with van der Waals surface area (Å²) in [6.07, 6.45) is 3.02. The number of carbonyl (C=O) groups is 2. The molecule has 0 radical (unpaired) electrons. The fourth-order valence-electron chi connectivity index (χ4n) is 3.36. The summed E-state index contributed by atoms with van der Waals surface area (Å²) in [5.41, 5.74) is 2.50. The Labute approximate surface area is 206 Å². The summed E-state index contributed by atoms with van der Waals surface area (Å²) >= 11 is 1.18. The van der Waals surface area contributed by atoms with Crippen molar-refractivity contribution in [2.24, 2.45) is 10.2 Å². The molecule has 7 nitrogen and oxygen atoms in total. The normalized spacial score (nSPS) is 16.9. The van der Waals surface area contributed by atoms with E-state index in [1.807, 2.05) is 31.2 Å². The first-order valence-corrected chi connectivity index (χ1v) is 11.7. The van der Waals surface area contributed by atoms with E-state index in [1.54, 1.807) is 30.3 Å². The highest BCUT2D eigenvalue weighted by Crippen LogP contribution is 2.30. The molecule has 1 aliphatic rings. The lowest BCUT2D eigenvalue weighted by Gasteiger charge is -2.12. The van der Waals surface area contributed by atoms with E-state index < -0.39 is 5.25 Å². The minimum Gasteiger partial charge on any atom is -0.455 e. The highest BCUT2D eigenvalue weighted by Gasteiger charge is 2.38. The molecule has 9 heteroatoms. The average Bonchev–Trinajstić information content (AvgIpc) is 3.42. The molecule has 0 bridgehead atoms. The monoisotopic (exact) mass is 490 g/mol. The molecule has 2 amide bonds. The zero-order valence-electron chi connectivity index (χ0n) is 19.0. The minimum atomic E-state index is -0.608. The Morgan fingerprint density at radius 2 is 1.91 bits per heavy atom. The Balaban J connectivity index is 1.42. The molecule has 0 spiro atoms. The third-order valence-corrected chi connectivity index (χ3v) is 6.29. The summed E-state index contributed by atoms with van der Waals surface area (Å²) in [4.78, 5) is 26.8. The number of anilines is 1. The van der Waals surface area contributed by atoms with Crippen molar-refractivity contribution in [2.45, 2.75) is 18.6 Å². The number of benzene rings is 2. The number of aryl methyl sites for hydroxylation is 1. The third kappa shape index (κ3) is 6.13. The fourth-order valence-corrected chi connectivity index (χ4v) is 4.46. The van der Waals surface area contributed by atoms with Gasteiger partial charge in [-0.2, -0.15) is 5.10 Å². The zero-order valence-corrected chi connectivity index (χ0v) is 19.8. The Morgan fingerprint density at radius 1 is 1.17 bits per heavy atom.